The summed E-state index contributed by atoms with van der Waals surface area (Å²) < 4.78 is 0. The van der Waals surface area contributed by atoms with Gasteiger partial charge in [-0.3, -0.25) is 9.59 Å². The van der Waals surface area contributed by atoms with E-state index in [1.54, 1.807) is 0 Å². The molecule has 1 aromatic heterocycles. The van der Waals surface area contributed by atoms with Crippen molar-refractivity contribution in [2.24, 2.45) is 0 Å². The van der Waals surface area contributed by atoms with Gasteiger partial charge in [0.1, 0.15) is 5.75 Å². The van der Waals surface area contributed by atoms with Crippen LogP contribution in [0.2, 0.25) is 0 Å². The topological polar surface area (TPSA) is 70.2 Å². The standard InChI is InChI=1S/C16H19NO3/c1-4-9-7-10(5-2)15-14(11(9)6-3)12(18)8-13(19)16(20)17-15/h7-8,18H,4-6H2,1-3H3,(H,17,19,20). The quantitative estimate of drug-likeness (QED) is 0.843. The first-order valence-electron chi connectivity index (χ1n) is 6.97. The van der Waals surface area contributed by atoms with Crippen molar-refractivity contribution in [2.75, 3.05) is 0 Å². The van der Waals surface area contributed by atoms with Gasteiger partial charge in [0, 0.05) is 11.5 Å². The number of rotatable bonds is 3. The lowest BCUT2D eigenvalue weighted by molar-refractivity contribution is 0.481. The minimum Gasteiger partial charge on any atom is -0.507 e. The molecule has 0 amide bonds. The van der Waals surface area contributed by atoms with Crippen LogP contribution in [0.5, 0.6) is 5.75 Å². The Hall–Kier alpha value is -2.10. The lowest BCUT2D eigenvalue weighted by Crippen LogP contribution is -2.22. The van der Waals surface area contributed by atoms with Crippen LogP contribution in [0.4, 0.5) is 0 Å². The number of benzene rings is 1. The Labute approximate surface area is 117 Å². The highest BCUT2D eigenvalue weighted by Gasteiger charge is 2.13. The van der Waals surface area contributed by atoms with Crippen LogP contribution in [0, 0.1) is 0 Å². The van der Waals surface area contributed by atoms with Crippen molar-refractivity contribution < 1.29 is 5.11 Å². The second-order valence-corrected chi connectivity index (χ2v) is 4.83. The molecule has 1 heterocycles. The van der Waals surface area contributed by atoms with E-state index in [9.17, 15) is 14.7 Å². The predicted octanol–water partition coefficient (Wildman–Crippen LogP) is 2.28. The zero-order chi connectivity index (χ0) is 14.9. The van der Waals surface area contributed by atoms with Crippen LogP contribution < -0.4 is 11.0 Å². The summed E-state index contributed by atoms with van der Waals surface area (Å²) >= 11 is 0. The molecule has 0 fully saturated rings. The fraction of sp³-hybridized carbons (Fsp3) is 0.375. The summed E-state index contributed by atoms with van der Waals surface area (Å²) in [6.07, 6.45) is 2.30. The molecule has 0 aliphatic rings. The molecule has 0 aliphatic heterocycles. The maximum absolute atomic E-state index is 11.7. The average molecular weight is 273 g/mol. The molecule has 0 radical (unpaired) electrons. The first kappa shape index (κ1) is 14.3. The Balaban J connectivity index is 3.16. The van der Waals surface area contributed by atoms with Gasteiger partial charge < -0.3 is 10.1 Å². The summed E-state index contributed by atoms with van der Waals surface area (Å²) in [5.74, 6) is -0.120. The normalized spacial score (nSPS) is 10.9. The molecule has 4 nitrogen and oxygen atoms in total. The van der Waals surface area contributed by atoms with E-state index in [1.807, 2.05) is 13.8 Å². The number of nitrogens with one attached hydrogen (secondary N) is 1. The maximum Gasteiger partial charge on any atom is 0.296 e. The zero-order valence-electron chi connectivity index (χ0n) is 12.0. The van der Waals surface area contributed by atoms with E-state index in [-0.39, 0.29) is 5.75 Å². The van der Waals surface area contributed by atoms with Crippen molar-refractivity contribution in [1.29, 1.82) is 0 Å². The first-order chi connectivity index (χ1) is 9.53. The molecule has 0 spiro atoms. The van der Waals surface area contributed by atoms with Gasteiger partial charge in [0.25, 0.3) is 5.56 Å². The van der Waals surface area contributed by atoms with Gasteiger partial charge in [0.05, 0.1) is 5.52 Å². The molecule has 4 heteroatoms. The van der Waals surface area contributed by atoms with E-state index in [0.717, 1.165) is 42.0 Å². The smallest absolute Gasteiger partial charge is 0.296 e. The third kappa shape index (κ3) is 2.22. The molecule has 0 saturated carbocycles. The third-order valence-corrected chi connectivity index (χ3v) is 3.71. The second kappa shape index (κ2) is 5.49. The summed E-state index contributed by atoms with van der Waals surface area (Å²) in [6.45, 7) is 6.05. The summed E-state index contributed by atoms with van der Waals surface area (Å²) in [7, 11) is 0. The average Bonchev–Trinajstić information content (AvgIpc) is 2.55. The Bertz CT molecular complexity index is 775. The largest absolute Gasteiger partial charge is 0.507 e. The maximum atomic E-state index is 11.7. The highest BCUT2D eigenvalue weighted by molar-refractivity contribution is 5.91. The van der Waals surface area contributed by atoms with Crippen molar-refractivity contribution in [3.63, 3.8) is 0 Å². The Kier molecular flexibility index (Phi) is 3.93. The van der Waals surface area contributed by atoms with Crippen molar-refractivity contribution in [1.82, 2.24) is 4.98 Å². The van der Waals surface area contributed by atoms with Crippen LogP contribution in [-0.4, -0.2) is 10.1 Å². The van der Waals surface area contributed by atoms with E-state index >= 15 is 0 Å². The second-order valence-electron chi connectivity index (χ2n) is 4.83. The van der Waals surface area contributed by atoms with Crippen molar-refractivity contribution in [3.8, 4) is 5.75 Å². The summed E-state index contributed by atoms with van der Waals surface area (Å²) in [5, 5.41) is 10.8. The molecule has 2 rings (SSSR count). The molecule has 0 bridgehead atoms. The van der Waals surface area contributed by atoms with E-state index in [0.29, 0.717) is 10.9 Å². The molecular weight excluding hydrogens is 254 g/mol. The Morgan fingerprint density at radius 1 is 1.00 bits per heavy atom. The molecule has 20 heavy (non-hydrogen) atoms. The molecule has 1 aromatic carbocycles. The number of hydrogen-bond acceptors (Lipinski definition) is 3. The van der Waals surface area contributed by atoms with Gasteiger partial charge in [-0.1, -0.05) is 26.8 Å². The Morgan fingerprint density at radius 3 is 2.20 bits per heavy atom. The minimum absolute atomic E-state index is 0.120. The number of aromatic amines is 1. The van der Waals surface area contributed by atoms with Crippen molar-refractivity contribution in [2.45, 2.75) is 40.0 Å². The van der Waals surface area contributed by atoms with Crippen LogP contribution in [-0.2, 0) is 19.3 Å². The summed E-state index contributed by atoms with van der Waals surface area (Å²) in [6, 6.07) is 3.07. The zero-order valence-corrected chi connectivity index (χ0v) is 12.0. The summed E-state index contributed by atoms with van der Waals surface area (Å²) in [5.41, 5.74) is 2.23. The number of aromatic hydroxyl groups is 1. The van der Waals surface area contributed by atoms with Crippen LogP contribution in [0.25, 0.3) is 10.9 Å². The Morgan fingerprint density at radius 2 is 1.65 bits per heavy atom. The van der Waals surface area contributed by atoms with Crippen LogP contribution in [0.3, 0.4) is 0 Å². The fourth-order valence-electron chi connectivity index (χ4n) is 2.70. The molecule has 2 N–H and O–H groups in total. The lowest BCUT2D eigenvalue weighted by Gasteiger charge is -2.13. The van der Waals surface area contributed by atoms with Crippen molar-refractivity contribution in [3.05, 3.63) is 49.4 Å². The van der Waals surface area contributed by atoms with Crippen LogP contribution >= 0.6 is 0 Å². The van der Waals surface area contributed by atoms with Crippen LogP contribution in [0.1, 0.15) is 37.5 Å². The highest BCUT2D eigenvalue weighted by atomic mass is 16.3. The highest BCUT2D eigenvalue weighted by Crippen LogP contribution is 2.30. The molecular formula is C16H19NO3. The SMILES string of the molecule is CCc1cc(CC)c2[nH]c(=O)c(=O)cc(O)c2c1CC. The minimum atomic E-state index is -0.721. The van der Waals surface area contributed by atoms with E-state index < -0.39 is 11.0 Å². The first-order valence-corrected chi connectivity index (χ1v) is 6.97. The molecule has 2 aromatic rings. The molecule has 0 aliphatic carbocycles. The summed E-state index contributed by atoms with van der Waals surface area (Å²) in [4.78, 5) is 26.0. The van der Waals surface area contributed by atoms with Gasteiger partial charge in [-0.25, -0.2) is 0 Å². The molecule has 0 saturated heterocycles. The van der Waals surface area contributed by atoms with Gasteiger partial charge in [0.2, 0.25) is 5.43 Å². The lowest BCUT2D eigenvalue weighted by atomic mass is 9.94. The molecule has 106 valence electrons. The van der Waals surface area contributed by atoms with Crippen LogP contribution in [0.15, 0.2) is 21.7 Å². The monoisotopic (exact) mass is 273 g/mol. The fourth-order valence-corrected chi connectivity index (χ4v) is 2.70. The third-order valence-electron chi connectivity index (χ3n) is 3.71. The number of hydrogen-bond donors (Lipinski definition) is 2. The van der Waals surface area contributed by atoms with Gasteiger partial charge in [0.15, 0.2) is 0 Å². The van der Waals surface area contributed by atoms with Crippen molar-refractivity contribution >= 4 is 10.9 Å². The molecule has 0 unspecified atom stereocenters. The van der Waals surface area contributed by atoms with Gasteiger partial charge in [-0.15, -0.1) is 0 Å². The van der Waals surface area contributed by atoms with E-state index in [1.165, 1.54) is 0 Å². The number of H-pyrrole nitrogens is 1. The predicted molar refractivity (Wildman–Crippen MR) is 80.6 cm³/mol. The van der Waals surface area contributed by atoms with Gasteiger partial charge in [-0.2, -0.15) is 0 Å². The van der Waals surface area contributed by atoms with E-state index in [4.69, 9.17) is 0 Å². The van der Waals surface area contributed by atoms with E-state index in [2.05, 4.69) is 18.0 Å². The van der Waals surface area contributed by atoms with Gasteiger partial charge in [-0.05, 0) is 36.0 Å². The number of aryl methyl sites for hydroxylation is 3. The molecule has 0 atom stereocenters. The van der Waals surface area contributed by atoms with Gasteiger partial charge >= 0.3 is 0 Å². The number of fused-ring (bicyclic) bond motifs is 1. The number of aromatic nitrogens is 1.